The second-order valence-corrected chi connectivity index (χ2v) is 9.66. The van der Waals surface area contributed by atoms with Crippen LogP contribution in [0.2, 0.25) is 19.6 Å². The average Bonchev–Trinajstić information content (AvgIpc) is 2.31. The van der Waals surface area contributed by atoms with Crippen molar-refractivity contribution in [2.45, 2.75) is 25.8 Å². The Labute approximate surface area is 77.6 Å². The fourth-order valence-corrected chi connectivity index (χ4v) is 2.35. The molecule has 0 fully saturated rings. The van der Waals surface area contributed by atoms with Crippen LogP contribution in [0, 0.1) is 10.1 Å². The zero-order valence-electron chi connectivity index (χ0n) is 8.02. The average molecular weight is 199 g/mol. The summed E-state index contributed by atoms with van der Waals surface area (Å²) in [5, 5.41) is 10.3. The van der Waals surface area contributed by atoms with Crippen LogP contribution in [0.15, 0.2) is 12.5 Å². The van der Waals surface area contributed by atoms with Gasteiger partial charge in [-0.1, -0.05) is 19.6 Å². The third-order valence-electron chi connectivity index (χ3n) is 1.46. The second kappa shape index (κ2) is 3.29. The van der Waals surface area contributed by atoms with E-state index in [0.29, 0.717) is 0 Å². The molecule has 1 rings (SSSR count). The maximum Gasteiger partial charge on any atom is 0.381 e. The van der Waals surface area contributed by atoms with Gasteiger partial charge in [0.2, 0.25) is 6.33 Å². The molecule has 0 amide bonds. The van der Waals surface area contributed by atoms with Gasteiger partial charge in [0.1, 0.15) is 6.20 Å². The number of hydrogen-bond donors (Lipinski definition) is 0. The lowest BCUT2D eigenvalue weighted by Crippen LogP contribution is -2.27. The molecule has 13 heavy (non-hydrogen) atoms. The molecule has 1 heterocycles. The van der Waals surface area contributed by atoms with Gasteiger partial charge in [-0.2, -0.15) is 0 Å². The minimum atomic E-state index is -1.22. The van der Waals surface area contributed by atoms with Gasteiger partial charge in [0, 0.05) is 6.17 Å². The SMILES string of the molecule is C[Si](C)(C)Cn1cnc([N+](=O)[O-])c1. The molecule has 0 radical (unpaired) electrons. The van der Waals surface area contributed by atoms with Crippen molar-refractivity contribution in [1.82, 2.24) is 9.55 Å². The lowest BCUT2D eigenvalue weighted by molar-refractivity contribution is -0.389. The standard InChI is InChI=1S/C7H13N3O2Si/c1-13(2,3)6-9-4-7(8-5-9)10(11)12/h4-5H,6H2,1-3H3. The smallest absolute Gasteiger partial charge is 0.358 e. The molecule has 0 N–H and O–H groups in total. The first-order valence-corrected chi connectivity index (χ1v) is 7.75. The van der Waals surface area contributed by atoms with Gasteiger partial charge in [0.05, 0.1) is 8.07 Å². The number of hydrogen-bond acceptors (Lipinski definition) is 3. The Morgan fingerprint density at radius 3 is 2.62 bits per heavy atom. The van der Waals surface area contributed by atoms with Crippen LogP contribution in [0.1, 0.15) is 0 Å². The quantitative estimate of drug-likeness (QED) is 0.422. The summed E-state index contributed by atoms with van der Waals surface area (Å²) in [6.07, 6.45) is 3.88. The maximum atomic E-state index is 10.3. The first-order valence-electron chi connectivity index (χ1n) is 4.05. The molecule has 0 aromatic carbocycles. The van der Waals surface area contributed by atoms with Crippen molar-refractivity contribution in [2.24, 2.45) is 0 Å². The second-order valence-electron chi connectivity index (χ2n) is 4.22. The highest BCUT2D eigenvalue weighted by Gasteiger charge is 2.17. The predicted molar refractivity (Wildman–Crippen MR) is 52.2 cm³/mol. The first-order chi connectivity index (χ1) is 5.88. The van der Waals surface area contributed by atoms with E-state index in [1.54, 1.807) is 4.57 Å². The highest BCUT2D eigenvalue weighted by atomic mass is 28.3. The number of imidazole rings is 1. The minimum Gasteiger partial charge on any atom is -0.358 e. The number of aromatic nitrogens is 2. The molecule has 0 aliphatic rings. The largest absolute Gasteiger partial charge is 0.381 e. The molecule has 0 saturated heterocycles. The molecule has 5 nitrogen and oxygen atoms in total. The van der Waals surface area contributed by atoms with Crippen LogP contribution in [0.25, 0.3) is 0 Å². The maximum absolute atomic E-state index is 10.3. The Morgan fingerprint density at radius 2 is 2.23 bits per heavy atom. The highest BCUT2D eigenvalue weighted by Crippen LogP contribution is 2.09. The van der Waals surface area contributed by atoms with Gasteiger partial charge in [0.25, 0.3) is 0 Å². The molecule has 0 unspecified atom stereocenters. The van der Waals surface area contributed by atoms with Crippen molar-refractivity contribution in [3.8, 4) is 0 Å². The number of rotatable bonds is 3. The molecule has 72 valence electrons. The Kier molecular flexibility index (Phi) is 2.51. The Balaban J connectivity index is 2.75. The molecule has 0 saturated carbocycles. The van der Waals surface area contributed by atoms with E-state index in [1.165, 1.54) is 12.5 Å². The zero-order chi connectivity index (χ0) is 10.1. The summed E-state index contributed by atoms with van der Waals surface area (Å²) in [5.74, 6) is -0.0711. The van der Waals surface area contributed by atoms with E-state index in [2.05, 4.69) is 24.6 Å². The fourth-order valence-electron chi connectivity index (χ4n) is 1.08. The van der Waals surface area contributed by atoms with Crippen molar-refractivity contribution in [1.29, 1.82) is 0 Å². The van der Waals surface area contributed by atoms with Gasteiger partial charge in [-0.25, -0.2) is 0 Å². The monoisotopic (exact) mass is 199 g/mol. The molecule has 0 atom stereocenters. The van der Waals surface area contributed by atoms with Crippen LogP contribution in [0.4, 0.5) is 5.82 Å². The van der Waals surface area contributed by atoms with Crippen LogP contribution >= 0.6 is 0 Å². The zero-order valence-corrected chi connectivity index (χ0v) is 9.02. The third-order valence-corrected chi connectivity index (χ3v) is 2.78. The molecule has 0 bridgehead atoms. The molecule has 0 aliphatic carbocycles. The Morgan fingerprint density at radius 1 is 1.62 bits per heavy atom. The van der Waals surface area contributed by atoms with E-state index in [4.69, 9.17) is 0 Å². The van der Waals surface area contributed by atoms with E-state index >= 15 is 0 Å². The molecule has 0 spiro atoms. The predicted octanol–water partition coefficient (Wildman–Crippen LogP) is 1.67. The molecular formula is C7H13N3O2Si. The summed E-state index contributed by atoms with van der Waals surface area (Å²) in [6.45, 7) is 6.62. The van der Waals surface area contributed by atoms with E-state index < -0.39 is 13.0 Å². The summed E-state index contributed by atoms with van der Waals surface area (Å²) in [4.78, 5) is 13.5. The van der Waals surface area contributed by atoms with Crippen molar-refractivity contribution in [2.75, 3.05) is 0 Å². The van der Waals surface area contributed by atoms with Gasteiger partial charge in [-0.05, 0) is 9.91 Å². The lowest BCUT2D eigenvalue weighted by Gasteiger charge is -2.14. The van der Waals surface area contributed by atoms with E-state index in [9.17, 15) is 10.1 Å². The Bertz CT molecular complexity index is 316. The number of nitro groups is 1. The summed E-state index contributed by atoms with van der Waals surface area (Å²) in [6, 6.07) is 0. The van der Waals surface area contributed by atoms with Crippen LogP contribution in [-0.4, -0.2) is 22.5 Å². The van der Waals surface area contributed by atoms with Crippen molar-refractivity contribution in [3.63, 3.8) is 0 Å². The van der Waals surface area contributed by atoms with E-state index in [-0.39, 0.29) is 5.82 Å². The molecule has 0 aliphatic heterocycles. The van der Waals surface area contributed by atoms with Crippen LogP contribution in [-0.2, 0) is 6.17 Å². The normalized spacial score (nSPS) is 11.6. The summed E-state index contributed by atoms with van der Waals surface area (Å²) >= 11 is 0. The molecule has 1 aromatic heterocycles. The topological polar surface area (TPSA) is 61.0 Å². The lowest BCUT2D eigenvalue weighted by atomic mass is 10.8. The van der Waals surface area contributed by atoms with Crippen LogP contribution in [0.3, 0.4) is 0 Å². The molecular weight excluding hydrogens is 186 g/mol. The van der Waals surface area contributed by atoms with Gasteiger partial charge in [-0.15, -0.1) is 0 Å². The summed E-state index contributed by atoms with van der Waals surface area (Å²) < 4.78 is 1.80. The fraction of sp³-hybridized carbons (Fsp3) is 0.571. The van der Waals surface area contributed by atoms with Gasteiger partial charge >= 0.3 is 5.82 Å². The molecule has 1 aromatic rings. The minimum absolute atomic E-state index is 0.0711. The first kappa shape index (κ1) is 9.91. The summed E-state index contributed by atoms with van der Waals surface area (Å²) in [7, 11) is -1.22. The van der Waals surface area contributed by atoms with Gasteiger partial charge in [0.15, 0.2) is 0 Å². The van der Waals surface area contributed by atoms with Crippen LogP contribution in [0.5, 0.6) is 0 Å². The van der Waals surface area contributed by atoms with Crippen molar-refractivity contribution < 1.29 is 4.92 Å². The van der Waals surface area contributed by atoms with Gasteiger partial charge < -0.3 is 14.7 Å². The molecule has 6 heteroatoms. The number of nitrogens with zero attached hydrogens (tertiary/aromatic N) is 3. The third kappa shape index (κ3) is 2.98. The highest BCUT2D eigenvalue weighted by molar-refractivity contribution is 6.74. The van der Waals surface area contributed by atoms with Crippen LogP contribution < -0.4 is 0 Å². The van der Waals surface area contributed by atoms with E-state index in [0.717, 1.165) is 6.17 Å². The van der Waals surface area contributed by atoms with E-state index in [1.807, 2.05) is 0 Å². The van der Waals surface area contributed by atoms with Gasteiger partial charge in [-0.3, -0.25) is 0 Å². The Hall–Kier alpha value is -1.17. The van der Waals surface area contributed by atoms with Crippen molar-refractivity contribution in [3.05, 3.63) is 22.6 Å². The summed E-state index contributed by atoms with van der Waals surface area (Å²) in [5.41, 5.74) is 0. The van der Waals surface area contributed by atoms with Crippen molar-refractivity contribution >= 4 is 13.9 Å².